The van der Waals surface area contributed by atoms with Gasteiger partial charge in [0.1, 0.15) is 18.0 Å². The molecule has 8 nitrogen and oxygen atoms in total. The van der Waals surface area contributed by atoms with Gasteiger partial charge in [-0.05, 0) is 36.5 Å². The molecule has 1 N–H and O–H groups in total. The van der Waals surface area contributed by atoms with E-state index in [-0.39, 0.29) is 12.5 Å². The fraction of sp³-hybridized carbons (Fsp3) is 0.136. The van der Waals surface area contributed by atoms with Crippen molar-refractivity contribution in [2.75, 3.05) is 19.5 Å². The van der Waals surface area contributed by atoms with Gasteiger partial charge < -0.3 is 14.8 Å². The number of anilines is 1. The Kier molecular flexibility index (Phi) is 5.85. The number of amides is 1. The van der Waals surface area contributed by atoms with E-state index < -0.39 is 0 Å². The Hall–Kier alpha value is -3.85. The van der Waals surface area contributed by atoms with Crippen LogP contribution in [0.5, 0.6) is 11.5 Å². The van der Waals surface area contributed by atoms with E-state index in [2.05, 4.69) is 10.4 Å². The van der Waals surface area contributed by atoms with Crippen LogP contribution in [0.1, 0.15) is 0 Å². The number of nitrogens with one attached hydrogen (secondary N) is 1. The van der Waals surface area contributed by atoms with Crippen LogP contribution in [0.2, 0.25) is 0 Å². The van der Waals surface area contributed by atoms with E-state index in [0.29, 0.717) is 27.8 Å². The molecule has 0 radical (unpaired) electrons. The van der Waals surface area contributed by atoms with Crippen molar-refractivity contribution >= 4 is 23.8 Å². The topological polar surface area (TPSA) is 75.2 Å². The molecule has 0 saturated carbocycles. The van der Waals surface area contributed by atoms with Crippen LogP contribution in [0.3, 0.4) is 0 Å². The zero-order valence-electron chi connectivity index (χ0n) is 17.1. The van der Waals surface area contributed by atoms with Crippen LogP contribution in [0.25, 0.3) is 11.4 Å². The van der Waals surface area contributed by atoms with Gasteiger partial charge in [-0.1, -0.05) is 30.3 Å². The first-order valence-corrected chi connectivity index (χ1v) is 9.92. The van der Waals surface area contributed by atoms with Gasteiger partial charge in [0.25, 0.3) is 0 Å². The fourth-order valence-electron chi connectivity index (χ4n) is 3.16. The number of aromatic nitrogens is 4. The van der Waals surface area contributed by atoms with E-state index in [1.165, 1.54) is 11.8 Å². The Balaban J connectivity index is 1.65. The zero-order chi connectivity index (χ0) is 21.8. The molecule has 0 bridgehead atoms. The third-order valence-electron chi connectivity index (χ3n) is 4.65. The van der Waals surface area contributed by atoms with Crippen molar-refractivity contribution in [3.63, 3.8) is 0 Å². The number of carbonyl (C=O) groups excluding carboxylic acids is 1. The Morgan fingerprint density at radius 3 is 2.45 bits per heavy atom. The number of benzene rings is 2. The SMILES string of the molecule is COc1ccc(NC(=O)Cn2nc(-c3ccccc3)n(-n3cccc3)c2=S)c(OC)c1. The normalized spacial score (nSPS) is 10.6. The standard InChI is InChI=1S/C22H21N5O3S/c1-29-17-10-11-18(19(14-17)30-2)23-20(28)15-26-22(31)27(25-12-6-7-13-25)21(24-26)16-8-4-3-5-9-16/h3-14H,15H2,1-2H3,(H,23,28). The van der Waals surface area contributed by atoms with Gasteiger partial charge in [0, 0.05) is 24.0 Å². The first-order chi connectivity index (χ1) is 15.1. The number of hydrogen-bond acceptors (Lipinski definition) is 5. The van der Waals surface area contributed by atoms with Gasteiger partial charge in [0.05, 0.1) is 19.9 Å². The van der Waals surface area contributed by atoms with Crippen LogP contribution in [0, 0.1) is 4.77 Å². The first-order valence-electron chi connectivity index (χ1n) is 9.51. The van der Waals surface area contributed by atoms with Crippen LogP contribution in [0.15, 0.2) is 73.1 Å². The Morgan fingerprint density at radius 2 is 1.77 bits per heavy atom. The lowest BCUT2D eigenvalue weighted by Crippen LogP contribution is -2.20. The van der Waals surface area contributed by atoms with Crippen LogP contribution in [0.4, 0.5) is 5.69 Å². The number of ether oxygens (including phenoxy) is 2. The van der Waals surface area contributed by atoms with Gasteiger partial charge >= 0.3 is 0 Å². The molecule has 1 amide bonds. The van der Waals surface area contributed by atoms with Crippen LogP contribution >= 0.6 is 12.2 Å². The second-order valence-corrected chi connectivity index (χ2v) is 6.98. The summed E-state index contributed by atoms with van der Waals surface area (Å²) in [6.45, 7) is -0.0535. The number of rotatable bonds is 7. The number of nitrogens with zero attached hydrogens (tertiary/aromatic N) is 4. The molecule has 9 heteroatoms. The van der Waals surface area contributed by atoms with Gasteiger partial charge in [-0.25, -0.2) is 9.36 Å². The minimum absolute atomic E-state index is 0.0535. The molecular weight excluding hydrogens is 414 g/mol. The third kappa shape index (κ3) is 4.22. The first kappa shape index (κ1) is 20.4. The minimum atomic E-state index is -0.281. The number of carbonyl (C=O) groups is 1. The van der Waals surface area contributed by atoms with Gasteiger partial charge in [-0.2, -0.15) is 0 Å². The van der Waals surface area contributed by atoms with Crippen LogP contribution in [-0.4, -0.2) is 39.3 Å². The summed E-state index contributed by atoms with van der Waals surface area (Å²) < 4.78 is 16.1. The van der Waals surface area contributed by atoms with Crippen molar-refractivity contribution in [1.29, 1.82) is 0 Å². The number of hydrogen-bond donors (Lipinski definition) is 1. The summed E-state index contributed by atoms with van der Waals surface area (Å²) in [6.07, 6.45) is 3.74. The molecule has 0 saturated heterocycles. The van der Waals surface area contributed by atoms with E-state index in [1.807, 2.05) is 59.5 Å². The molecule has 0 aliphatic heterocycles. The zero-order valence-corrected chi connectivity index (χ0v) is 17.9. The molecule has 4 rings (SSSR count). The van der Waals surface area contributed by atoms with Crippen molar-refractivity contribution < 1.29 is 14.3 Å². The van der Waals surface area contributed by atoms with E-state index in [9.17, 15) is 4.79 Å². The summed E-state index contributed by atoms with van der Waals surface area (Å²) in [7, 11) is 3.10. The maximum absolute atomic E-state index is 12.8. The molecule has 31 heavy (non-hydrogen) atoms. The van der Waals surface area contributed by atoms with E-state index in [0.717, 1.165) is 5.56 Å². The predicted molar refractivity (Wildman–Crippen MR) is 120 cm³/mol. The van der Waals surface area contributed by atoms with Crippen molar-refractivity contribution in [3.8, 4) is 22.9 Å². The maximum Gasteiger partial charge on any atom is 0.246 e. The fourth-order valence-corrected chi connectivity index (χ4v) is 3.45. The molecule has 0 fully saturated rings. The van der Waals surface area contributed by atoms with Crippen molar-refractivity contribution in [3.05, 3.63) is 77.8 Å². The molecule has 0 atom stereocenters. The Labute approximate surface area is 184 Å². The second-order valence-electron chi connectivity index (χ2n) is 6.62. The van der Waals surface area contributed by atoms with Gasteiger partial charge in [0.2, 0.25) is 10.7 Å². The van der Waals surface area contributed by atoms with Crippen molar-refractivity contribution in [1.82, 2.24) is 19.1 Å². The Morgan fingerprint density at radius 1 is 1.03 bits per heavy atom. The lowest BCUT2D eigenvalue weighted by atomic mass is 10.2. The largest absolute Gasteiger partial charge is 0.497 e. The smallest absolute Gasteiger partial charge is 0.246 e. The van der Waals surface area contributed by atoms with E-state index >= 15 is 0 Å². The van der Waals surface area contributed by atoms with E-state index in [1.54, 1.807) is 30.0 Å². The summed E-state index contributed by atoms with van der Waals surface area (Å²) in [5, 5.41) is 7.48. The molecule has 0 aliphatic rings. The summed E-state index contributed by atoms with van der Waals surface area (Å²) in [6, 6.07) is 18.7. The summed E-state index contributed by atoms with van der Waals surface area (Å²) in [4.78, 5) is 12.8. The molecule has 2 aromatic heterocycles. The van der Waals surface area contributed by atoms with Gasteiger partial charge in [-0.3, -0.25) is 9.47 Å². The third-order valence-corrected chi connectivity index (χ3v) is 5.03. The maximum atomic E-state index is 12.8. The highest BCUT2D eigenvalue weighted by molar-refractivity contribution is 7.71. The van der Waals surface area contributed by atoms with Crippen LogP contribution < -0.4 is 14.8 Å². The summed E-state index contributed by atoms with van der Waals surface area (Å²) in [5.41, 5.74) is 1.42. The quantitative estimate of drug-likeness (QED) is 0.446. The number of methoxy groups -OCH3 is 2. The highest BCUT2D eigenvalue weighted by Gasteiger charge is 2.17. The second kappa shape index (κ2) is 8.88. The molecule has 0 unspecified atom stereocenters. The molecule has 2 heterocycles. The summed E-state index contributed by atoms with van der Waals surface area (Å²) in [5.74, 6) is 1.49. The monoisotopic (exact) mass is 435 g/mol. The van der Waals surface area contributed by atoms with Crippen LogP contribution in [-0.2, 0) is 11.3 Å². The molecule has 0 aliphatic carbocycles. The molecule has 4 aromatic rings. The molecule has 158 valence electrons. The minimum Gasteiger partial charge on any atom is -0.497 e. The molecule has 0 spiro atoms. The predicted octanol–water partition coefficient (Wildman–Crippen LogP) is 3.85. The molecule has 2 aromatic carbocycles. The van der Waals surface area contributed by atoms with Gasteiger partial charge in [-0.15, -0.1) is 5.10 Å². The van der Waals surface area contributed by atoms with E-state index in [4.69, 9.17) is 21.7 Å². The lowest BCUT2D eigenvalue weighted by molar-refractivity contribution is -0.116. The highest BCUT2D eigenvalue weighted by Crippen LogP contribution is 2.29. The van der Waals surface area contributed by atoms with Crippen molar-refractivity contribution in [2.24, 2.45) is 0 Å². The lowest BCUT2D eigenvalue weighted by Gasteiger charge is -2.11. The highest BCUT2D eigenvalue weighted by atomic mass is 32.1. The molecular formula is C22H21N5O3S. The average molecular weight is 436 g/mol. The summed E-state index contributed by atoms with van der Waals surface area (Å²) >= 11 is 5.65. The average Bonchev–Trinajstić information content (AvgIpc) is 3.43. The Bertz CT molecular complexity index is 1250. The van der Waals surface area contributed by atoms with Gasteiger partial charge in [0.15, 0.2) is 5.82 Å². The van der Waals surface area contributed by atoms with Crippen molar-refractivity contribution in [2.45, 2.75) is 6.54 Å².